The molecular weight excluding hydrogens is 440 g/mol. The fraction of sp³-hybridized carbons (Fsp3) is 0.517. The number of hydrogen-bond acceptors (Lipinski definition) is 6. The number of aliphatic hydroxyl groups excluding tert-OH is 1. The second-order valence-electron chi connectivity index (χ2n) is 10.3. The van der Waals surface area contributed by atoms with Crippen molar-refractivity contribution in [3.63, 3.8) is 0 Å². The summed E-state index contributed by atoms with van der Waals surface area (Å²) in [7, 11) is 0. The SMILES string of the molecule is CCc1c(C2CC2COc2nc(C)ncc2C2CCC3(CC2O)OCCO3)ccc2ccccc12. The molecular formula is C29H34N2O4. The number of aliphatic hydroxyl groups is 1. The molecule has 184 valence electrons. The second kappa shape index (κ2) is 9.16. The van der Waals surface area contributed by atoms with Gasteiger partial charge in [-0.05, 0) is 54.0 Å². The quantitative estimate of drug-likeness (QED) is 0.539. The molecule has 35 heavy (non-hydrogen) atoms. The Bertz CT molecular complexity index is 1220. The molecule has 0 bridgehead atoms. The lowest BCUT2D eigenvalue weighted by molar-refractivity contribution is -0.199. The first kappa shape index (κ1) is 22.9. The third-order valence-corrected chi connectivity index (χ3v) is 8.12. The molecule has 1 N–H and O–H groups in total. The summed E-state index contributed by atoms with van der Waals surface area (Å²) in [5.74, 6) is 1.60. The minimum atomic E-state index is -0.624. The molecule has 4 atom stereocenters. The molecule has 2 heterocycles. The number of hydrogen-bond donors (Lipinski definition) is 1. The average molecular weight is 475 g/mol. The summed E-state index contributed by atoms with van der Waals surface area (Å²) >= 11 is 0. The summed E-state index contributed by atoms with van der Waals surface area (Å²) in [5.41, 5.74) is 3.82. The van der Waals surface area contributed by atoms with Gasteiger partial charge in [0.1, 0.15) is 5.82 Å². The van der Waals surface area contributed by atoms with E-state index in [0.29, 0.717) is 49.8 Å². The van der Waals surface area contributed by atoms with Crippen LogP contribution < -0.4 is 4.74 Å². The van der Waals surface area contributed by atoms with Crippen molar-refractivity contribution in [1.29, 1.82) is 0 Å². The monoisotopic (exact) mass is 474 g/mol. The predicted octanol–water partition coefficient (Wildman–Crippen LogP) is 5.05. The van der Waals surface area contributed by atoms with Crippen molar-refractivity contribution < 1.29 is 19.3 Å². The summed E-state index contributed by atoms with van der Waals surface area (Å²) < 4.78 is 18.0. The van der Waals surface area contributed by atoms with Crippen molar-refractivity contribution in [3.8, 4) is 5.88 Å². The molecule has 6 heteroatoms. The fourth-order valence-electron chi connectivity index (χ4n) is 6.17. The number of aryl methyl sites for hydroxylation is 2. The van der Waals surface area contributed by atoms with Gasteiger partial charge in [-0.2, -0.15) is 4.98 Å². The van der Waals surface area contributed by atoms with Gasteiger partial charge in [-0.1, -0.05) is 43.3 Å². The highest BCUT2D eigenvalue weighted by molar-refractivity contribution is 5.87. The van der Waals surface area contributed by atoms with E-state index in [2.05, 4.69) is 53.3 Å². The first-order valence-corrected chi connectivity index (χ1v) is 13.0. The van der Waals surface area contributed by atoms with Crippen LogP contribution in [0.1, 0.15) is 67.0 Å². The first-order chi connectivity index (χ1) is 17.1. The Morgan fingerprint density at radius 3 is 2.71 bits per heavy atom. The van der Waals surface area contributed by atoms with Crippen LogP contribution in [0.3, 0.4) is 0 Å². The predicted molar refractivity (Wildman–Crippen MR) is 134 cm³/mol. The Morgan fingerprint density at radius 1 is 1.09 bits per heavy atom. The minimum Gasteiger partial charge on any atom is -0.477 e. The molecule has 2 saturated carbocycles. The zero-order chi connectivity index (χ0) is 24.0. The first-order valence-electron chi connectivity index (χ1n) is 13.0. The minimum absolute atomic E-state index is 0.0776. The third-order valence-electron chi connectivity index (χ3n) is 8.12. The van der Waals surface area contributed by atoms with Gasteiger partial charge in [0.25, 0.3) is 0 Å². The van der Waals surface area contributed by atoms with Crippen LogP contribution in [0.5, 0.6) is 5.88 Å². The molecule has 2 aliphatic carbocycles. The zero-order valence-electron chi connectivity index (χ0n) is 20.6. The molecule has 1 saturated heterocycles. The van der Waals surface area contributed by atoms with Crippen LogP contribution in [0, 0.1) is 12.8 Å². The molecule has 3 fully saturated rings. The lowest BCUT2D eigenvalue weighted by Gasteiger charge is -2.39. The molecule has 3 aliphatic rings. The van der Waals surface area contributed by atoms with Gasteiger partial charge in [-0.3, -0.25) is 0 Å². The summed E-state index contributed by atoms with van der Waals surface area (Å²) in [4.78, 5) is 9.07. The normalized spacial score (nSPS) is 27.4. The van der Waals surface area contributed by atoms with Crippen molar-refractivity contribution in [3.05, 3.63) is 65.1 Å². The molecule has 1 aromatic heterocycles. The second-order valence-corrected chi connectivity index (χ2v) is 10.3. The highest BCUT2D eigenvalue weighted by Crippen LogP contribution is 2.50. The summed E-state index contributed by atoms with van der Waals surface area (Å²) in [6.07, 6.45) is 5.41. The van der Waals surface area contributed by atoms with Gasteiger partial charge < -0.3 is 19.3 Å². The van der Waals surface area contributed by atoms with Crippen molar-refractivity contribution in [1.82, 2.24) is 9.97 Å². The van der Waals surface area contributed by atoms with E-state index in [9.17, 15) is 5.11 Å². The molecule has 2 aromatic carbocycles. The van der Waals surface area contributed by atoms with Gasteiger partial charge in [0.2, 0.25) is 5.88 Å². The number of nitrogens with zero attached hydrogens (tertiary/aromatic N) is 2. The lowest BCUT2D eigenvalue weighted by atomic mass is 9.79. The van der Waals surface area contributed by atoms with E-state index in [0.717, 1.165) is 31.2 Å². The van der Waals surface area contributed by atoms with Gasteiger partial charge in [0, 0.05) is 36.4 Å². The van der Waals surface area contributed by atoms with Crippen LogP contribution in [0.15, 0.2) is 42.6 Å². The van der Waals surface area contributed by atoms with Gasteiger partial charge in [0.05, 0.1) is 25.9 Å². The number of ether oxygens (including phenoxy) is 3. The molecule has 6 rings (SSSR count). The Balaban J connectivity index is 1.17. The Morgan fingerprint density at radius 2 is 1.91 bits per heavy atom. The smallest absolute Gasteiger partial charge is 0.220 e. The maximum absolute atomic E-state index is 11.0. The van der Waals surface area contributed by atoms with E-state index in [1.54, 1.807) is 0 Å². The molecule has 3 aromatic rings. The maximum atomic E-state index is 11.0. The molecule has 0 amide bonds. The molecule has 6 nitrogen and oxygen atoms in total. The van der Waals surface area contributed by atoms with Crippen molar-refractivity contribution >= 4 is 10.8 Å². The van der Waals surface area contributed by atoms with E-state index in [4.69, 9.17) is 14.2 Å². The van der Waals surface area contributed by atoms with E-state index in [1.807, 2.05) is 13.1 Å². The largest absolute Gasteiger partial charge is 0.477 e. The average Bonchev–Trinajstić information content (AvgIpc) is 3.51. The molecule has 1 spiro atoms. The van der Waals surface area contributed by atoms with Crippen LogP contribution in [-0.4, -0.2) is 46.8 Å². The van der Waals surface area contributed by atoms with Crippen LogP contribution in [0.25, 0.3) is 10.8 Å². The summed E-state index contributed by atoms with van der Waals surface area (Å²) in [6, 6.07) is 13.2. The van der Waals surface area contributed by atoms with E-state index < -0.39 is 11.9 Å². The lowest BCUT2D eigenvalue weighted by Crippen LogP contribution is -2.42. The zero-order valence-corrected chi connectivity index (χ0v) is 20.6. The van der Waals surface area contributed by atoms with Crippen molar-refractivity contribution in [2.45, 2.75) is 69.7 Å². The van der Waals surface area contributed by atoms with Crippen LogP contribution in [0.2, 0.25) is 0 Å². The number of rotatable bonds is 6. The van der Waals surface area contributed by atoms with Crippen LogP contribution >= 0.6 is 0 Å². The molecule has 1 aliphatic heterocycles. The topological polar surface area (TPSA) is 73.7 Å². The highest BCUT2D eigenvalue weighted by Gasteiger charge is 2.46. The van der Waals surface area contributed by atoms with Crippen LogP contribution in [-0.2, 0) is 15.9 Å². The third kappa shape index (κ3) is 4.32. The van der Waals surface area contributed by atoms with Gasteiger partial charge in [-0.25, -0.2) is 4.98 Å². The summed E-state index contributed by atoms with van der Waals surface area (Å²) in [5, 5.41) is 13.7. The van der Waals surface area contributed by atoms with Gasteiger partial charge >= 0.3 is 0 Å². The molecule has 0 radical (unpaired) electrons. The summed E-state index contributed by atoms with van der Waals surface area (Å²) in [6.45, 7) is 5.95. The maximum Gasteiger partial charge on any atom is 0.220 e. The Labute approximate surface area is 206 Å². The van der Waals surface area contributed by atoms with E-state index >= 15 is 0 Å². The number of benzene rings is 2. The number of fused-ring (bicyclic) bond motifs is 1. The van der Waals surface area contributed by atoms with Crippen molar-refractivity contribution in [2.75, 3.05) is 19.8 Å². The van der Waals surface area contributed by atoms with Gasteiger partial charge in [0.15, 0.2) is 5.79 Å². The van der Waals surface area contributed by atoms with E-state index in [-0.39, 0.29) is 5.92 Å². The molecule has 4 unspecified atom stereocenters. The number of aromatic nitrogens is 2. The Hall–Kier alpha value is -2.54. The van der Waals surface area contributed by atoms with Crippen molar-refractivity contribution in [2.24, 2.45) is 5.92 Å². The Kier molecular flexibility index (Phi) is 5.99. The highest BCUT2D eigenvalue weighted by atomic mass is 16.7. The van der Waals surface area contributed by atoms with Crippen LogP contribution in [0.4, 0.5) is 0 Å². The standard InChI is InChI=1S/C29H34N2O4/c1-3-21-22-7-5-4-6-19(22)8-9-23(21)25-14-20(25)17-33-28-26(16-30-18(2)31-28)24-10-11-29(15-27(24)32)34-12-13-35-29/h4-9,16,20,24-25,27,32H,3,10-15,17H2,1-2H3. The fourth-order valence-corrected chi connectivity index (χ4v) is 6.17. The van der Waals surface area contributed by atoms with E-state index in [1.165, 1.54) is 21.9 Å². The van der Waals surface area contributed by atoms with Gasteiger partial charge in [-0.15, -0.1) is 0 Å².